The van der Waals surface area contributed by atoms with Gasteiger partial charge < -0.3 is 15.7 Å². The van der Waals surface area contributed by atoms with E-state index in [1.54, 1.807) is 4.68 Å². The summed E-state index contributed by atoms with van der Waals surface area (Å²) in [6, 6.07) is 0.0128. The SMILES string of the molecule is Nc1nc(N2CCCC2)nn1C1CCCC1O. The van der Waals surface area contributed by atoms with Crippen molar-refractivity contribution < 1.29 is 5.11 Å². The zero-order chi connectivity index (χ0) is 11.8. The van der Waals surface area contributed by atoms with Gasteiger partial charge in [0.05, 0.1) is 12.1 Å². The molecule has 17 heavy (non-hydrogen) atoms. The molecule has 1 saturated heterocycles. The predicted molar refractivity (Wildman–Crippen MR) is 64.8 cm³/mol. The Morgan fingerprint density at radius 3 is 2.59 bits per heavy atom. The lowest BCUT2D eigenvalue weighted by molar-refractivity contribution is 0.131. The average molecular weight is 237 g/mol. The highest BCUT2D eigenvalue weighted by Crippen LogP contribution is 2.32. The Labute approximate surface area is 100 Å². The number of aliphatic hydroxyl groups is 1. The van der Waals surface area contributed by atoms with Gasteiger partial charge in [-0.25, -0.2) is 4.68 Å². The molecule has 1 aliphatic heterocycles. The number of aliphatic hydroxyl groups excluding tert-OH is 1. The molecular formula is C11H19N5O. The number of nitrogen functional groups attached to an aromatic ring is 1. The van der Waals surface area contributed by atoms with Crippen molar-refractivity contribution in [2.24, 2.45) is 0 Å². The topological polar surface area (TPSA) is 80.2 Å². The summed E-state index contributed by atoms with van der Waals surface area (Å²) in [4.78, 5) is 6.48. The van der Waals surface area contributed by atoms with Crippen LogP contribution in [-0.2, 0) is 0 Å². The van der Waals surface area contributed by atoms with E-state index in [2.05, 4.69) is 15.0 Å². The highest BCUT2D eigenvalue weighted by molar-refractivity contribution is 5.36. The minimum absolute atomic E-state index is 0.0128. The van der Waals surface area contributed by atoms with Crippen LogP contribution in [0.15, 0.2) is 0 Å². The highest BCUT2D eigenvalue weighted by atomic mass is 16.3. The van der Waals surface area contributed by atoms with Gasteiger partial charge >= 0.3 is 0 Å². The Bertz CT molecular complexity index is 399. The molecule has 6 heteroatoms. The van der Waals surface area contributed by atoms with Crippen LogP contribution in [0.5, 0.6) is 0 Å². The third-order valence-electron chi connectivity index (χ3n) is 3.79. The molecule has 0 aromatic carbocycles. The number of hydrogen-bond acceptors (Lipinski definition) is 5. The monoisotopic (exact) mass is 237 g/mol. The summed E-state index contributed by atoms with van der Waals surface area (Å²) in [5.41, 5.74) is 5.90. The fourth-order valence-corrected chi connectivity index (χ4v) is 2.82. The second-order valence-corrected chi connectivity index (χ2v) is 4.97. The van der Waals surface area contributed by atoms with E-state index in [0.717, 1.165) is 38.3 Å². The molecule has 0 radical (unpaired) electrons. The fraction of sp³-hybridized carbons (Fsp3) is 0.818. The summed E-state index contributed by atoms with van der Waals surface area (Å²) < 4.78 is 1.71. The third kappa shape index (κ3) is 1.86. The zero-order valence-electron chi connectivity index (χ0n) is 9.92. The Kier molecular flexibility index (Phi) is 2.66. The second-order valence-electron chi connectivity index (χ2n) is 4.97. The summed E-state index contributed by atoms with van der Waals surface area (Å²) in [5.74, 6) is 1.15. The van der Waals surface area contributed by atoms with Crippen LogP contribution < -0.4 is 10.6 Å². The van der Waals surface area contributed by atoms with Crippen LogP contribution in [0.1, 0.15) is 38.1 Å². The summed E-state index contributed by atoms with van der Waals surface area (Å²) in [6.45, 7) is 2.02. The van der Waals surface area contributed by atoms with E-state index in [4.69, 9.17) is 5.73 Å². The number of hydrogen-bond donors (Lipinski definition) is 2. The summed E-state index contributed by atoms with van der Waals surface area (Å²) in [6.07, 6.45) is 4.87. The maximum atomic E-state index is 9.88. The van der Waals surface area contributed by atoms with Crippen molar-refractivity contribution in [2.45, 2.75) is 44.2 Å². The number of rotatable bonds is 2. The van der Waals surface area contributed by atoms with Crippen molar-refractivity contribution in [3.8, 4) is 0 Å². The molecule has 3 N–H and O–H groups in total. The highest BCUT2D eigenvalue weighted by Gasteiger charge is 2.30. The third-order valence-corrected chi connectivity index (χ3v) is 3.79. The number of nitrogens with two attached hydrogens (primary N) is 1. The number of nitrogens with zero attached hydrogens (tertiary/aromatic N) is 4. The van der Waals surface area contributed by atoms with Gasteiger partial charge in [0, 0.05) is 13.1 Å². The molecule has 2 heterocycles. The predicted octanol–water partition coefficient (Wildman–Crippen LogP) is 0.546. The maximum absolute atomic E-state index is 9.88. The molecule has 2 fully saturated rings. The van der Waals surface area contributed by atoms with Crippen LogP contribution >= 0.6 is 0 Å². The normalized spacial score (nSPS) is 29.1. The average Bonchev–Trinajstić information content (AvgIpc) is 2.98. The first-order valence-electron chi connectivity index (χ1n) is 6.41. The van der Waals surface area contributed by atoms with Crippen LogP contribution in [0.2, 0.25) is 0 Å². The van der Waals surface area contributed by atoms with Crippen molar-refractivity contribution in [2.75, 3.05) is 23.7 Å². The second kappa shape index (κ2) is 4.18. The maximum Gasteiger partial charge on any atom is 0.246 e. The van der Waals surface area contributed by atoms with E-state index in [0.29, 0.717) is 5.95 Å². The molecule has 0 amide bonds. The molecule has 0 bridgehead atoms. The van der Waals surface area contributed by atoms with E-state index in [1.165, 1.54) is 12.8 Å². The van der Waals surface area contributed by atoms with Crippen LogP contribution in [0.4, 0.5) is 11.9 Å². The Hall–Kier alpha value is -1.30. The molecule has 2 unspecified atom stereocenters. The van der Waals surface area contributed by atoms with Gasteiger partial charge in [-0.1, -0.05) is 0 Å². The van der Waals surface area contributed by atoms with Crippen molar-refractivity contribution in [3.63, 3.8) is 0 Å². The van der Waals surface area contributed by atoms with Crippen LogP contribution in [0, 0.1) is 0 Å². The molecule has 6 nitrogen and oxygen atoms in total. The first kappa shape index (κ1) is 10.8. The van der Waals surface area contributed by atoms with E-state index in [1.807, 2.05) is 0 Å². The molecule has 1 saturated carbocycles. The van der Waals surface area contributed by atoms with Crippen molar-refractivity contribution in [3.05, 3.63) is 0 Å². The van der Waals surface area contributed by atoms with Gasteiger partial charge in [-0.3, -0.25) is 0 Å². The van der Waals surface area contributed by atoms with Crippen LogP contribution in [0.3, 0.4) is 0 Å². The van der Waals surface area contributed by atoms with Crippen molar-refractivity contribution in [1.82, 2.24) is 14.8 Å². The van der Waals surface area contributed by atoms with Gasteiger partial charge in [0.15, 0.2) is 0 Å². The minimum atomic E-state index is -0.328. The first-order valence-corrected chi connectivity index (χ1v) is 6.41. The minimum Gasteiger partial charge on any atom is -0.391 e. The molecule has 2 aliphatic rings. The van der Waals surface area contributed by atoms with Gasteiger partial charge in [0.2, 0.25) is 11.9 Å². The summed E-state index contributed by atoms with van der Waals surface area (Å²) in [5, 5.41) is 14.4. The molecule has 1 aromatic heterocycles. The molecule has 1 aliphatic carbocycles. The summed E-state index contributed by atoms with van der Waals surface area (Å²) >= 11 is 0. The van der Waals surface area contributed by atoms with Crippen LogP contribution in [0.25, 0.3) is 0 Å². The number of anilines is 2. The van der Waals surface area contributed by atoms with Gasteiger partial charge in [-0.2, -0.15) is 4.98 Å². The number of aromatic nitrogens is 3. The largest absolute Gasteiger partial charge is 0.391 e. The Morgan fingerprint density at radius 1 is 1.18 bits per heavy atom. The van der Waals surface area contributed by atoms with E-state index in [-0.39, 0.29) is 12.1 Å². The smallest absolute Gasteiger partial charge is 0.246 e. The quantitative estimate of drug-likeness (QED) is 0.785. The van der Waals surface area contributed by atoms with Gasteiger partial charge in [-0.15, -0.1) is 5.10 Å². The van der Waals surface area contributed by atoms with Gasteiger partial charge in [0.25, 0.3) is 0 Å². The molecule has 94 valence electrons. The summed E-state index contributed by atoms with van der Waals surface area (Å²) in [7, 11) is 0. The molecule has 1 aromatic rings. The van der Waals surface area contributed by atoms with Crippen LogP contribution in [-0.4, -0.2) is 39.1 Å². The standard InChI is InChI=1S/C11H19N5O/c12-10-13-11(15-6-1-2-7-15)14-16(10)8-4-3-5-9(8)17/h8-9,17H,1-7H2,(H2,12,13,14). The Morgan fingerprint density at radius 2 is 1.94 bits per heavy atom. The first-order chi connectivity index (χ1) is 8.25. The van der Waals surface area contributed by atoms with Gasteiger partial charge in [-0.05, 0) is 32.1 Å². The zero-order valence-corrected chi connectivity index (χ0v) is 9.92. The lowest BCUT2D eigenvalue weighted by atomic mass is 10.2. The molecular weight excluding hydrogens is 218 g/mol. The lowest BCUT2D eigenvalue weighted by Crippen LogP contribution is -2.22. The van der Waals surface area contributed by atoms with E-state index < -0.39 is 0 Å². The fourth-order valence-electron chi connectivity index (χ4n) is 2.82. The van der Waals surface area contributed by atoms with Crippen molar-refractivity contribution >= 4 is 11.9 Å². The van der Waals surface area contributed by atoms with Crippen molar-refractivity contribution in [1.29, 1.82) is 0 Å². The van der Waals surface area contributed by atoms with E-state index >= 15 is 0 Å². The van der Waals surface area contributed by atoms with E-state index in [9.17, 15) is 5.11 Å². The molecule has 0 spiro atoms. The Balaban J connectivity index is 1.84. The van der Waals surface area contributed by atoms with Gasteiger partial charge in [0.1, 0.15) is 0 Å². The molecule has 2 atom stereocenters. The lowest BCUT2D eigenvalue weighted by Gasteiger charge is -2.15. The molecule has 3 rings (SSSR count).